The molecular formula is C16H31NO2. The molecule has 19 heavy (non-hydrogen) atoms. The summed E-state index contributed by atoms with van der Waals surface area (Å²) >= 11 is 0. The molecule has 2 aliphatic rings. The third kappa shape index (κ3) is 4.44. The third-order valence-electron chi connectivity index (χ3n) is 4.54. The molecule has 3 heteroatoms. The molecule has 1 heterocycles. The molecule has 0 spiro atoms. The van der Waals surface area contributed by atoms with Gasteiger partial charge >= 0.3 is 0 Å². The van der Waals surface area contributed by atoms with E-state index in [4.69, 9.17) is 9.47 Å². The average Bonchev–Trinajstić information content (AvgIpc) is 2.88. The summed E-state index contributed by atoms with van der Waals surface area (Å²) in [4.78, 5) is 0. The van der Waals surface area contributed by atoms with Gasteiger partial charge in [-0.1, -0.05) is 20.8 Å². The Morgan fingerprint density at radius 2 is 2.11 bits per heavy atom. The monoisotopic (exact) mass is 269 g/mol. The van der Waals surface area contributed by atoms with Gasteiger partial charge in [-0.15, -0.1) is 0 Å². The maximum atomic E-state index is 6.25. The third-order valence-corrected chi connectivity index (χ3v) is 4.54. The van der Waals surface area contributed by atoms with E-state index in [9.17, 15) is 0 Å². The fourth-order valence-corrected chi connectivity index (χ4v) is 3.63. The van der Waals surface area contributed by atoms with E-state index in [1.165, 1.54) is 32.1 Å². The Hall–Kier alpha value is -0.120. The maximum Gasteiger partial charge on any atom is 0.0809 e. The molecule has 1 aliphatic carbocycles. The van der Waals surface area contributed by atoms with Crippen molar-refractivity contribution in [3.05, 3.63) is 0 Å². The van der Waals surface area contributed by atoms with E-state index in [0.717, 1.165) is 25.7 Å². The van der Waals surface area contributed by atoms with E-state index in [1.807, 2.05) is 0 Å². The first-order valence-corrected chi connectivity index (χ1v) is 8.17. The zero-order chi connectivity index (χ0) is 13.7. The highest BCUT2D eigenvalue weighted by atomic mass is 16.5. The first kappa shape index (κ1) is 15.3. The van der Waals surface area contributed by atoms with Crippen LogP contribution in [0.15, 0.2) is 0 Å². The van der Waals surface area contributed by atoms with Crippen molar-refractivity contribution in [2.24, 2.45) is 11.8 Å². The van der Waals surface area contributed by atoms with Gasteiger partial charge in [-0.05, 0) is 50.5 Å². The molecule has 112 valence electrons. The summed E-state index contributed by atoms with van der Waals surface area (Å²) in [6.45, 7) is 9.75. The highest BCUT2D eigenvalue weighted by Gasteiger charge is 2.35. The van der Waals surface area contributed by atoms with Crippen LogP contribution >= 0.6 is 0 Å². The van der Waals surface area contributed by atoms with Crippen molar-refractivity contribution in [1.29, 1.82) is 0 Å². The van der Waals surface area contributed by atoms with E-state index in [0.29, 0.717) is 24.2 Å². The molecule has 0 aromatic heterocycles. The largest absolute Gasteiger partial charge is 0.376 e. The van der Waals surface area contributed by atoms with Crippen molar-refractivity contribution < 1.29 is 9.47 Å². The van der Waals surface area contributed by atoms with Gasteiger partial charge in [0.15, 0.2) is 0 Å². The van der Waals surface area contributed by atoms with Gasteiger partial charge in [0, 0.05) is 12.6 Å². The van der Waals surface area contributed by atoms with Crippen molar-refractivity contribution in [2.45, 2.75) is 71.1 Å². The number of hydrogen-bond acceptors (Lipinski definition) is 3. The zero-order valence-corrected chi connectivity index (χ0v) is 12.9. The van der Waals surface area contributed by atoms with Gasteiger partial charge < -0.3 is 14.8 Å². The van der Waals surface area contributed by atoms with Crippen LogP contribution < -0.4 is 5.32 Å². The minimum Gasteiger partial charge on any atom is -0.376 e. The maximum absolute atomic E-state index is 6.25. The van der Waals surface area contributed by atoms with Crippen molar-refractivity contribution in [1.82, 2.24) is 5.32 Å². The van der Waals surface area contributed by atoms with Gasteiger partial charge in [0.05, 0.1) is 18.8 Å². The Kier molecular flexibility index (Phi) is 6.11. The van der Waals surface area contributed by atoms with Crippen LogP contribution in [0.3, 0.4) is 0 Å². The van der Waals surface area contributed by atoms with E-state index >= 15 is 0 Å². The van der Waals surface area contributed by atoms with Crippen LogP contribution in [0.2, 0.25) is 0 Å². The number of ether oxygens (including phenoxy) is 2. The summed E-state index contributed by atoms with van der Waals surface area (Å²) in [7, 11) is 0. The second-order valence-electron chi connectivity index (χ2n) is 6.55. The highest BCUT2D eigenvalue weighted by Crippen LogP contribution is 2.31. The lowest BCUT2D eigenvalue weighted by atomic mass is 9.78. The zero-order valence-electron chi connectivity index (χ0n) is 12.9. The highest BCUT2D eigenvalue weighted by molar-refractivity contribution is 4.89. The quantitative estimate of drug-likeness (QED) is 0.804. The van der Waals surface area contributed by atoms with E-state index < -0.39 is 0 Å². The van der Waals surface area contributed by atoms with Gasteiger partial charge in [-0.3, -0.25) is 0 Å². The Bertz CT molecular complexity index is 253. The molecule has 0 bridgehead atoms. The van der Waals surface area contributed by atoms with Crippen molar-refractivity contribution >= 4 is 0 Å². The Balaban J connectivity index is 1.84. The van der Waals surface area contributed by atoms with Gasteiger partial charge in [0.1, 0.15) is 0 Å². The predicted octanol–water partition coefficient (Wildman–Crippen LogP) is 2.98. The van der Waals surface area contributed by atoms with Gasteiger partial charge in [0.25, 0.3) is 0 Å². The summed E-state index contributed by atoms with van der Waals surface area (Å²) in [6, 6.07) is 0.528. The van der Waals surface area contributed by atoms with Crippen LogP contribution in [0.1, 0.15) is 52.9 Å². The summed E-state index contributed by atoms with van der Waals surface area (Å²) in [6.07, 6.45) is 6.82. The fourth-order valence-electron chi connectivity index (χ4n) is 3.63. The number of nitrogens with one attached hydrogen (secondary N) is 1. The summed E-state index contributed by atoms with van der Waals surface area (Å²) < 4.78 is 11.9. The normalized spacial score (nSPS) is 39.6. The lowest BCUT2D eigenvalue weighted by Gasteiger charge is -2.40. The molecule has 1 N–H and O–H groups in total. The fraction of sp³-hybridized carbons (Fsp3) is 1.00. The molecular weight excluding hydrogens is 238 g/mol. The first-order valence-electron chi connectivity index (χ1n) is 8.17. The lowest BCUT2D eigenvalue weighted by molar-refractivity contribution is -0.0728. The summed E-state index contributed by atoms with van der Waals surface area (Å²) in [5, 5.41) is 3.69. The van der Waals surface area contributed by atoms with Gasteiger partial charge in [-0.2, -0.15) is 0 Å². The Morgan fingerprint density at radius 3 is 2.79 bits per heavy atom. The standard InChI is InChI=1S/C16H31NO2/c1-4-7-17-15-10-12(2)9-13(3)16(15)19-11-14-6-5-8-18-14/h12-17H,4-11H2,1-3H3. The van der Waals surface area contributed by atoms with Crippen LogP contribution in [0.25, 0.3) is 0 Å². The van der Waals surface area contributed by atoms with Crippen molar-refractivity contribution in [3.63, 3.8) is 0 Å². The molecule has 1 saturated carbocycles. The second kappa shape index (κ2) is 7.61. The van der Waals surface area contributed by atoms with Crippen LogP contribution in [0.5, 0.6) is 0 Å². The predicted molar refractivity (Wildman–Crippen MR) is 78.4 cm³/mol. The number of rotatable bonds is 6. The minimum absolute atomic E-state index is 0.346. The first-order chi connectivity index (χ1) is 9.20. The SMILES string of the molecule is CCCNC1CC(C)CC(C)C1OCC1CCCO1. The molecule has 0 aromatic rings. The molecule has 1 aliphatic heterocycles. The minimum atomic E-state index is 0.346. The van der Waals surface area contributed by atoms with Gasteiger partial charge in [0.2, 0.25) is 0 Å². The molecule has 0 aromatic carbocycles. The van der Waals surface area contributed by atoms with Crippen LogP contribution in [-0.4, -0.2) is 38.0 Å². The smallest absolute Gasteiger partial charge is 0.0809 e. The van der Waals surface area contributed by atoms with E-state index in [-0.39, 0.29) is 0 Å². The molecule has 5 unspecified atom stereocenters. The molecule has 2 fully saturated rings. The topological polar surface area (TPSA) is 30.5 Å². The van der Waals surface area contributed by atoms with E-state index in [2.05, 4.69) is 26.1 Å². The average molecular weight is 269 g/mol. The molecule has 3 nitrogen and oxygen atoms in total. The second-order valence-corrected chi connectivity index (χ2v) is 6.55. The molecule has 1 saturated heterocycles. The van der Waals surface area contributed by atoms with Crippen LogP contribution in [-0.2, 0) is 9.47 Å². The number of hydrogen-bond donors (Lipinski definition) is 1. The molecule has 0 radical (unpaired) electrons. The molecule has 0 amide bonds. The summed E-state index contributed by atoms with van der Waals surface area (Å²) in [5.41, 5.74) is 0. The molecule has 5 atom stereocenters. The van der Waals surface area contributed by atoms with E-state index in [1.54, 1.807) is 0 Å². The molecule has 2 rings (SSSR count). The van der Waals surface area contributed by atoms with Crippen molar-refractivity contribution in [2.75, 3.05) is 19.8 Å². The van der Waals surface area contributed by atoms with Crippen LogP contribution in [0.4, 0.5) is 0 Å². The van der Waals surface area contributed by atoms with Crippen LogP contribution in [0, 0.1) is 11.8 Å². The Morgan fingerprint density at radius 1 is 1.26 bits per heavy atom. The summed E-state index contributed by atoms with van der Waals surface area (Å²) in [5.74, 6) is 1.46. The van der Waals surface area contributed by atoms with Crippen molar-refractivity contribution in [3.8, 4) is 0 Å². The van der Waals surface area contributed by atoms with Gasteiger partial charge in [-0.25, -0.2) is 0 Å². The lowest BCUT2D eigenvalue weighted by Crippen LogP contribution is -2.50. The Labute approximate surface area is 118 Å².